The number of carbonyl (C=O) groups excluding carboxylic acids is 1. The average Bonchev–Trinajstić information content (AvgIpc) is 2.90. The Hall–Kier alpha value is -1.26. The molecular formula is C15H21ClN2O2. The number of hydrogen-bond acceptors (Lipinski definition) is 3. The van der Waals surface area contributed by atoms with Crippen molar-refractivity contribution in [2.75, 3.05) is 6.61 Å². The van der Waals surface area contributed by atoms with E-state index in [9.17, 15) is 4.79 Å². The lowest BCUT2D eigenvalue weighted by molar-refractivity contribution is -0.123. The van der Waals surface area contributed by atoms with Crippen LogP contribution in [0.1, 0.15) is 44.2 Å². The maximum Gasteiger partial charge on any atom is 0.258 e. The molecule has 0 aliphatic heterocycles. The van der Waals surface area contributed by atoms with Crippen molar-refractivity contribution >= 4 is 17.5 Å². The third kappa shape index (κ3) is 4.12. The number of nitrogens with one attached hydrogen (secondary N) is 1. The molecule has 0 radical (unpaired) electrons. The molecule has 0 spiro atoms. The summed E-state index contributed by atoms with van der Waals surface area (Å²) in [6.07, 6.45) is 4.52. The van der Waals surface area contributed by atoms with Gasteiger partial charge in [-0.15, -0.1) is 0 Å². The molecule has 1 fully saturated rings. The number of nitrogens with two attached hydrogens (primary N) is 1. The van der Waals surface area contributed by atoms with Gasteiger partial charge in [-0.25, -0.2) is 0 Å². The first-order valence-electron chi connectivity index (χ1n) is 7.03. The molecule has 2 rings (SSSR count). The second-order valence-corrected chi connectivity index (χ2v) is 5.74. The predicted molar refractivity (Wildman–Crippen MR) is 79.9 cm³/mol. The van der Waals surface area contributed by atoms with E-state index in [2.05, 4.69) is 5.32 Å². The lowest BCUT2D eigenvalue weighted by Gasteiger charge is -2.16. The van der Waals surface area contributed by atoms with Crippen molar-refractivity contribution < 1.29 is 9.53 Å². The molecule has 1 aliphatic carbocycles. The smallest absolute Gasteiger partial charge is 0.258 e. The Morgan fingerprint density at radius 2 is 2.20 bits per heavy atom. The number of benzene rings is 1. The molecule has 20 heavy (non-hydrogen) atoms. The highest BCUT2D eigenvalue weighted by molar-refractivity contribution is 6.30. The van der Waals surface area contributed by atoms with Crippen molar-refractivity contribution in [3.8, 4) is 5.75 Å². The predicted octanol–water partition coefficient (Wildman–Crippen LogP) is 2.80. The minimum atomic E-state index is -0.193. The third-order valence-electron chi connectivity index (χ3n) is 3.54. The van der Waals surface area contributed by atoms with Crippen molar-refractivity contribution in [2.24, 2.45) is 5.73 Å². The van der Waals surface area contributed by atoms with Crippen LogP contribution in [0.2, 0.25) is 5.02 Å². The fourth-order valence-corrected chi connectivity index (χ4v) is 2.67. The highest BCUT2D eigenvalue weighted by Crippen LogP contribution is 2.27. The zero-order valence-electron chi connectivity index (χ0n) is 11.7. The van der Waals surface area contributed by atoms with Crippen LogP contribution < -0.4 is 15.8 Å². The minimum Gasteiger partial charge on any atom is -0.483 e. The van der Waals surface area contributed by atoms with Gasteiger partial charge in [0.25, 0.3) is 5.91 Å². The Morgan fingerprint density at radius 3 is 2.85 bits per heavy atom. The molecule has 1 saturated carbocycles. The van der Waals surface area contributed by atoms with E-state index in [0.717, 1.165) is 18.4 Å². The Balaban J connectivity index is 1.91. The fourth-order valence-electron chi connectivity index (χ4n) is 2.49. The Kier molecular flexibility index (Phi) is 5.26. The number of hydrogen-bond donors (Lipinski definition) is 2. The molecule has 1 atom stereocenters. The van der Waals surface area contributed by atoms with Gasteiger partial charge in [0.2, 0.25) is 0 Å². The van der Waals surface area contributed by atoms with E-state index in [1.165, 1.54) is 12.8 Å². The zero-order valence-corrected chi connectivity index (χ0v) is 12.5. The average molecular weight is 297 g/mol. The summed E-state index contributed by atoms with van der Waals surface area (Å²) >= 11 is 5.95. The second-order valence-electron chi connectivity index (χ2n) is 5.31. The quantitative estimate of drug-likeness (QED) is 0.878. The number of ether oxygens (including phenoxy) is 1. The molecule has 4 nitrogen and oxygen atoms in total. The van der Waals surface area contributed by atoms with Gasteiger partial charge in [-0.1, -0.05) is 24.4 Å². The first-order valence-corrected chi connectivity index (χ1v) is 7.41. The molecule has 1 aliphatic rings. The molecule has 3 N–H and O–H groups in total. The summed E-state index contributed by atoms with van der Waals surface area (Å²) in [5.41, 5.74) is 6.69. The summed E-state index contributed by atoms with van der Waals surface area (Å²) in [6.45, 7) is 1.87. The van der Waals surface area contributed by atoms with Crippen molar-refractivity contribution in [2.45, 2.75) is 44.7 Å². The van der Waals surface area contributed by atoms with Gasteiger partial charge in [0.1, 0.15) is 5.75 Å². The van der Waals surface area contributed by atoms with E-state index in [1.807, 2.05) is 6.92 Å². The van der Waals surface area contributed by atoms with Crippen molar-refractivity contribution in [3.63, 3.8) is 0 Å². The van der Waals surface area contributed by atoms with Gasteiger partial charge in [-0.05, 0) is 38.0 Å². The molecule has 0 aromatic heterocycles. The van der Waals surface area contributed by atoms with Crippen molar-refractivity contribution in [3.05, 3.63) is 28.8 Å². The van der Waals surface area contributed by atoms with E-state index in [4.69, 9.17) is 22.1 Å². The molecule has 110 valence electrons. The van der Waals surface area contributed by atoms with Crippen molar-refractivity contribution in [1.82, 2.24) is 5.32 Å². The number of halogens is 1. The standard InChI is InChI=1S/C15H21ClN2O2/c1-10(17)13-8-11(16)6-7-14(13)20-9-15(19)18-12-4-2-3-5-12/h6-8,10,12H,2-5,9,17H2,1H3,(H,18,19). The van der Waals surface area contributed by atoms with E-state index in [0.29, 0.717) is 16.8 Å². The van der Waals surface area contributed by atoms with E-state index in [1.54, 1.807) is 18.2 Å². The van der Waals surface area contributed by atoms with Crippen LogP contribution in [-0.4, -0.2) is 18.6 Å². The summed E-state index contributed by atoms with van der Waals surface area (Å²) in [7, 11) is 0. The summed E-state index contributed by atoms with van der Waals surface area (Å²) in [6, 6.07) is 5.38. The minimum absolute atomic E-state index is 0.0118. The highest BCUT2D eigenvalue weighted by atomic mass is 35.5. The summed E-state index contributed by atoms with van der Waals surface area (Å²) in [5, 5.41) is 3.60. The second kappa shape index (κ2) is 6.95. The van der Waals surface area contributed by atoms with Crippen LogP contribution in [0.25, 0.3) is 0 Å². The normalized spacial score (nSPS) is 16.9. The van der Waals surface area contributed by atoms with Crippen molar-refractivity contribution in [1.29, 1.82) is 0 Å². The van der Waals surface area contributed by atoms with Gasteiger partial charge in [0, 0.05) is 22.7 Å². The zero-order chi connectivity index (χ0) is 14.5. The van der Waals surface area contributed by atoms with Gasteiger partial charge in [0.05, 0.1) is 0 Å². The molecular weight excluding hydrogens is 276 g/mol. The molecule has 0 heterocycles. The van der Waals surface area contributed by atoms with E-state index < -0.39 is 0 Å². The van der Waals surface area contributed by atoms with Gasteiger partial charge in [-0.2, -0.15) is 0 Å². The van der Waals surface area contributed by atoms with Crippen LogP contribution in [-0.2, 0) is 4.79 Å². The molecule has 0 saturated heterocycles. The van der Waals surface area contributed by atoms with Gasteiger partial charge < -0.3 is 15.8 Å². The van der Waals surface area contributed by atoms with Crippen LogP contribution in [0.15, 0.2) is 18.2 Å². The van der Waals surface area contributed by atoms with Crippen LogP contribution >= 0.6 is 11.6 Å². The molecule has 1 unspecified atom stereocenters. The van der Waals surface area contributed by atoms with Gasteiger partial charge in [0.15, 0.2) is 6.61 Å². The lowest BCUT2D eigenvalue weighted by Crippen LogP contribution is -2.36. The monoisotopic (exact) mass is 296 g/mol. The number of carbonyl (C=O) groups is 1. The Labute approximate surface area is 124 Å². The largest absolute Gasteiger partial charge is 0.483 e. The van der Waals surface area contributed by atoms with Crippen LogP contribution in [0.3, 0.4) is 0 Å². The van der Waals surface area contributed by atoms with Crippen LogP contribution in [0.4, 0.5) is 0 Å². The fraction of sp³-hybridized carbons (Fsp3) is 0.533. The Morgan fingerprint density at radius 1 is 1.50 bits per heavy atom. The van der Waals surface area contributed by atoms with E-state index >= 15 is 0 Å². The third-order valence-corrected chi connectivity index (χ3v) is 3.78. The highest BCUT2D eigenvalue weighted by Gasteiger charge is 2.17. The van der Waals surface area contributed by atoms with Crippen LogP contribution in [0, 0.1) is 0 Å². The molecule has 1 aromatic carbocycles. The molecule has 5 heteroatoms. The first kappa shape index (κ1) is 15.1. The first-order chi connectivity index (χ1) is 9.56. The van der Waals surface area contributed by atoms with E-state index in [-0.39, 0.29) is 18.6 Å². The molecule has 1 amide bonds. The summed E-state index contributed by atoms with van der Waals surface area (Å²) in [5.74, 6) is 0.536. The number of amides is 1. The Bertz CT molecular complexity index is 471. The maximum atomic E-state index is 11.8. The topological polar surface area (TPSA) is 64.3 Å². The summed E-state index contributed by atoms with van der Waals surface area (Å²) in [4.78, 5) is 11.8. The molecule has 1 aromatic rings. The molecule has 0 bridgehead atoms. The SMILES string of the molecule is CC(N)c1cc(Cl)ccc1OCC(=O)NC1CCCC1. The number of rotatable bonds is 5. The maximum absolute atomic E-state index is 11.8. The lowest BCUT2D eigenvalue weighted by atomic mass is 10.1. The van der Waals surface area contributed by atoms with Crippen LogP contribution in [0.5, 0.6) is 5.75 Å². The summed E-state index contributed by atoms with van der Waals surface area (Å²) < 4.78 is 5.57. The van der Waals surface area contributed by atoms with Gasteiger partial charge in [-0.3, -0.25) is 4.79 Å². The van der Waals surface area contributed by atoms with Gasteiger partial charge >= 0.3 is 0 Å².